The van der Waals surface area contributed by atoms with Crippen molar-refractivity contribution in [3.05, 3.63) is 76.8 Å². The molecular weight excluding hydrogens is 372 g/mol. The number of nitrogens with zero attached hydrogens (tertiary/aromatic N) is 2. The highest BCUT2D eigenvalue weighted by molar-refractivity contribution is 7.20. The zero-order chi connectivity index (χ0) is 19.7. The fourth-order valence-electron chi connectivity index (χ4n) is 2.95. The molecule has 2 aromatic carbocycles. The second-order valence-electron chi connectivity index (χ2n) is 6.27. The molecule has 0 atom stereocenters. The number of thiophene rings is 1. The number of rotatable bonds is 4. The summed E-state index contributed by atoms with van der Waals surface area (Å²) >= 11 is 1.40. The van der Waals surface area contributed by atoms with Crippen LogP contribution in [-0.4, -0.2) is 28.6 Å². The van der Waals surface area contributed by atoms with E-state index < -0.39 is 0 Å². The lowest BCUT2D eigenvalue weighted by molar-refractivity contribution is 0.0962. The summed E-state index contributed by atoms with van der Waals surface area (Å²) < 4.78 is 1.87. The van der Waals surface area contributed by atoms with Gasteiger partial charge >= 0.3 is 0 Å². The lowest BCUT2D eigenvalue weighted by atomic mass is 10.2. The molecule has 0 radical (unpaired) electrons. The molecule has 0 aliphatic heterocycles. The van der Waals surface area contributed by atoms with Crippen LogP contribution in [-0.2, 0) is 0 Å². The van der Waals surface area contributed by atoms with Crippen LogP contribution in [0.15, 0.2) is 60.7 Å². The Morgan fingerprint density at radius 2 is 1.71 bits per heavy atom. The van der Waals surface area contributed by atoms with Gasteiger partial charge in [-0.25, -0.2) is 4.68 Å². The van der Waals surface area contributed by atoms with Gasteiger partial charge in [0.05, 0.1) is 16.3 Å². The Kier molecular flexibility index (Phi) is 4.67. The topological polar surface area (TPSA) is 76.0 Å². The molecule has 0 unspecified atom stereocenters. The van der Waals surface area contributed by atoms with E-state index in [1.165, 1.54) is 11.3 Å². The molecule has 28 heavy (non-hydrogen) atoms. The number of aryl methyl sites for hydroxylation is 1. The van der Waals surface area contributed by atoms with Gasteiger partial charge in [0.2, 0.25) is 0 Å². The SMILES string of the molecule is CNC(=O)c1ccc(NC(=O)c2cc3c(C)nn(-c4ccccc4)c3s2)cc1. The molecule has 0 spiro atoms. The van der Waals surface area contributed by atoms with Gasteiger partial charge in [0.15, 0.2) is 0 Å². The third kappa shape index (κ3) is 3.27. The van der Waals surface area contributed by atoms with Crippen LogP contribution in [0.2, 0.25) is 0 Å². The van der Waals surface area contributed by atoms with Crippen LogP contribution in [0.5, 0.6) is 0 Å². The molecule has 2 heterocycles. The van der Waals surface area contributed by atoms with Crippen molar-refractivity contribution in [3.8, 4) is 5.69 Å². The van der Waals surface area contributed by atoms with Crippen molar-refractivity contribution in [2.24, 2.45) is 0 Å². The largest absolute Gasteiger partial charge is 0.355 e. The average molecular weight is 390 g/mol. The Morgan fingerprint density at radius 1 is 1.00 bits per heavy atom. The average Bonchev–Trinajstić information content (AvgIpc) is 3.29. The van der Waals surface area contributed by atoms with Gasteiger partial charge in [-0.1, -0.05) is 18.2 Å². The number of hydrogen-bond acceptors (Lipinski definition) is 4. The maximum atomic E-state index is 12.7. The van der Waals surface area contributed by atoms with E-state index in [2.05, 4.69) is 15.7 Å². The Hall–Kier alpha value is -3.45. The first-order valence-corrected chi connectivity index (χ1v) is 9.56. The minimum Gasteiger partial charge on any atom is -0.355 e. The van der Waals surface area contributed by atoms with Gasteiger partial charge in [-0.3, -0.25) is 9.59 Å². The predicted molar refractivity (Wildman–Crippen MR) is 111 cm³/mol. The zero-order valence-electron chi connectivity index (χ0n) is 15.4. The highest BCUT2D eigenvalue weighted by Crippen LogP contribution is 2.30. The van der Waals surface area contributed by atoms with Crippen LogP contribution >= 0.6 is 11.3 Å². The molecule has 2 aromatic heterocycles. The van der Waals surface area contributed by atoms with Crippen molar-refractivity contribution in [2.75, 3.05) is 12.4 Å². The Morgan fingerprint density at radius 3 is 2.39 bits per heavy atom. The van der Waals surface area contributed by atoms with Gasteiger partial charge in [0, 0.05) is 23.7 Å². The van der Waals surface area contributed by atoms with E-state index in [0.29, 0.717) is 16.1 Å². The normalized spacial score (nSPS) is 10.8. The summed E-state index contributed by atoms with van der Waals surface area (Å²) in [4.78, 5) is 25.9. The number of aromatic nitrogens is 2. The standard InChI is InChI=1S/C21H18N4O2S/c1-13-17-12-18(28-21(17)25(24-13)16-6-4-3-5-7-16)20(27)23-15-10-8-14(9-11-15)19(26)22-2/h3-12H,1-2H3,(H,22,26)(H,23,27). The van der Waals surface area contributed by atoms with E-state index in [9.17, 15) is 9.59 Å². The minimum atomic E-state index is -0.187. The molecule has 140 valence electrons. The van der Waals surface area contributed by atoms with Gasteiger partial charge in [-0.2, -0.15) is 5.10 Å². The second kappa shape index (κ2) is 7.28. The summed E-state index contributed by atoms with van der Waals surface area (Å²) in [5.41, 5.74) is 3.01. The van der Waals surface area contributed by atoms with Crippen LogP contribution in [0.25, 0.3) is 15.9 Å². The maximum absolute atomic E-state index is 12.7. The molecule has 4 aromatic rings. The monoisotopic (exact) mass is 390 g/mol. The summed E-state index contributed by atoms with van der Waals surface area (Å²) in [7, 11) is 1.58. The smallest absolute Gasteiger partial charge is 0.265 e. The Balaban J connectivity index is 1.61. The number of nitrogens with one attached hydrogen (secondary N) is 2. The predicted octanol–water partition coefficient (Wildman–Crippen LogP) is 4.01. The van der Waals surface area contributed by atoms with E-state index in [0.717, 1.165) is 21.6 Å². The first kappa shape index (κ1) is 17.9. The van der Waals surface area contributed by atoms with Crippen LogP contribution in [0, 0.1) is 6.92 Å². The third-order valence-corrected chi connectivity index (χ3v) is 5.51. The summed E-state index contributed by atoms with van der Waals surface area (Å²) in [6, 6.07) is 18.5. The summed E-state index contributed by atoms with van der Waals surface area (Å²) in [5, 5.41) is 11.0. The molecule has 0 saturated heterocycles. The zero-order valence-corrected chi connectivity index (χ0v) is 16.2. The van der Waals surface area contributed by atoms with Crippen molar-refractivity contribution >= 4 is 39.1 Å². The molecule has 0 fully saturated rings. The Labute approximate surface area is 165 Å². The molecule has 2 N–H and O–H groups in total. The number of hydrogen-bond donors (Lipinski definition) is 2. The van der Waals surface area contributed by atoms with Gasteiger partial charge in [-0.15, -0.1) is 11.3 Å². The molecule has 7 heteroatoms. The quantitative estimate of drug-likeness (QED) is 0.553. The van der Waals surface area contributed by atoms with Gasteiger partial charge in [0.25, 0.3) is 11.8 Å². The van der Waals surface area contributed by atoms with E-state index >= 15 is 0 Å². The number of fused-ring (bicyclic) bond motifs is 1. The molecule has 0 saturated carbocycles. The highest BCUT2D eigenvalue weighted by Gasteiger charge is 2.17. The van der Waals surface area contributed by atoms with Crippen molar-refractivity contribution in [1.29, 1.82) is 0 Å². The number of anilines is 1. The van der Waals surface area contributed by atoms with Crippen molar-refractivity contribution < 1.29 is 9.59 Å². The van der Waals surface area contributed by atoms with E-state index in [1.54, 1.807) is 31.3 Å². The summed E-state index contributed by atoms with van der Waals surface area (Å²) in [5.74, 6) is -0.351. The molecule has 6 nitrogen and oxygen atoms in total. The van der Waals surface area contributed by atoms with Gasteiger partial charge in [0.1, 0.15) is 4.83 Å². The second-order valence-corrected chi connectivity index (χ2v) is 7.30. The van der Waals surface area contributed by atoms with E-state index in [4.69, 9.17) is 0 Å². The third-order valence-electron chi connectivity index (χ3n) is 4.40. The lowest BCUT2D eigenvalue weighted by Gasteiger charge is -2.05. The van der Waals surface area contributed by atoms with Crippen molar-refractivity contribution in [2.45, 2.75) is 6.92 Å². The van der Waals surface area contributed by atoms with Crippen LogP contribution in [0.4, 0.5) is 5.69 Å². The van der Waals surface area contributed by atoms with Gasteiger partial charge < -0.3 is 10.6 Å². The van der Waals surface area contributed by atoms with E-state index in [1.807, 2.05) is 48.0 Å². The number of benzene rings is 2. The van der Waals surface area contributed by atoms with Crippen molar-refractivity contribution in [3.63, 3.8) is 0 Å². The number of para-hydroxylation sites is 1. The molecule has 4 rings (SSSR count). The van der Waals surface area contributed by atoms with Crippen LogP contribution in [0.1, 0.15) is 25.7 Å². The number of amides is 2. The highest BCUT2D eigenvalue weighted by atomic mass is 32.1. The summed E-state index contributed by atoms with van der Waals surface area (Å²) in [6.07, 6.45) is 0. The molecule has 0 aliphatic carbocycles. The van der Waals surface area contributed by atoms with Crippen LogP contribution in [0.3, 0.4) is 0 Å². The van der Waals surface area contributed by atoms with Crippen molar-refractivity contribution in [1.82, 2.24) is 15.1 Å². The van der Waals surface area contributed by atoms with Gasteiger partial charge in [-0.05, 0) is 49.4 Å². The maximum Gasteiger partial charge on any atom is 0.265 e. The van der Waals surface area contributed by atoms with Crippen LogP contribution < -0.4 is 10.6 Å². The fourth-order valence-corrected chi connectivity index (χ4v) is 4.02. The first-order chi connectivity index (χ1) is 13.6. The first-order valence-electron chi connectivity index (χ1n) is 8.75. The molecule has 0 bridgehead atoms. The fraction of sp³-hybridized carbons (Fsp3) is 0.0952. The minimum absolute atomic E-state index is 0.164. The number of carbonyl (C=O) groups is 2. The molecule has 2 amide bonds. The Bertz CT molecular complexity index is 1160. The molecule has 0 aliphatic rings. The summed E-state index contributed by atoms with van der Waals surface area (Å²) in [6.45, 7) is 1.94. The number of carbonyl (C=O) groups excluding carboxylic acids is 2. The lowest BCUT2D eigenvalue weighted by Crippen LogP contribution is -2.17. The van der Waals surface area contributed by atoms with E-state index in [-0.39, 0.29) is 11.8 Å². The molecular formula is C21H18N4O2S.